The first-order chi connectivity index (χ1) is 13.4. The maximum atomic E-state index is 10.4. The zero-order chi connectivity index (χ0) is 20.8. The maximum Gasteiger partial charge on any atom is 0.110 e. The second-order valence-electron chi connectivity index (χ2n) is 7.85. The summed E-state index contributed by atoms with van der Waals surface area (Å²) in [5.74, 6) is -0.883. The minimum absolute atomic E-state index is 0.00307. The van der Waals surface area contributed by atoms with E-state index < -0.39 is 42.5 Å². The molecule has 2 heterocycles. The molecule has 28 heavy (non-hydrogen) atoms. The molecule has 0 radical (unpaired) electrons. The van der Waals surface area contributed by atoms with Gasteiger partial charge in [0.25, 0.3) is 0 Å². The van der Waals surface area contributed by atoms with Crippen LogP contribution in [0.25, 0.3) is 0 Å². The van der Waals surface area contributed by atoms with Gasteiger partial charge in [-0.3, -0.25) is 0 Å². The topological polar surface area (TPSA) is 138 Å². The van der Waals surface area contributed by atoms with Crippen LogP contribution in [-0.4, -0.2) is 108 Å². The zero-order valence-electron chi connectivity index (χ0n) is 16.9. The van der Waals surface area contributed by atoms with Crippen molar-refractivity contribution in [1.82, 2.24) is 0 Å². The van der Waals surface area contributed by atoms with E-state index in [1.165, 1.54) is 7.11 Å². The summed E-state index contributed by atoms with van der Waals surface area (Å²) < 4.78 is 22.3. The lowest BCUT2D eigenvalue weighted by Crippen LogP contribution is -2.58. The molecular weight excluding hydrogens is 372 g/mol. The highest BCUT2D eigenvalue weighted by molar-refractivity contribution is 4.92. The molecule has 0 spiro atoms. The molecule has 5 N–H and O–H groups in total. The summed E-state index contributed by atoms with van der Waals surface area (Å²) in [6, 6.07) is 0. The van der Waals surface area contributed by atoms with Crippen molar-refractivity contribution >= 4 is 0 Å². The summed E-state index contributed by atoms with van der Waals surface area (Å²) in [6.45, 7) is 3.71. The summed E-state index contributed by atoms with van der Waals surface area (Å²) in [5.41, 5.74) is 0. The van der Waals surface area contributed by atoms with E-state index in [2.05, 4.69) is 0 Å². The summed E-state index contributed by atoms with van der Waals surface area (Å²) in [6.07, 6.45) is -4.50. The Labute approximate surface area is 166 Å². The van der Waals surface area contributed by atoms with Gasteiger partial charge in [0.2, 0.25) is 0 Å². The van der Waals surface area contributed by atoms with Crippen LogP contribution in [0.4, 0.5) is 0 Å². The Morgan fingerprint density at radius 2 is 1.36 bits per heavy atom. The Morgan fingerprint density at radius 3 is 1.93 bits per heavy atom. The first-order valence-electron chi connectivity index (χ1n) is 10.0. The third-order valence-corrected chi connectivity index (χ3v) is 6.13. The molecule has 0 saturated carbocycles. The van der Waals surface area contributed by atoms with Crippen LogP contribution in [0.15, 0.2) is 0 Å². The van der Waals surface area contributed by atoms with Crippen molar-refractivity contribution in [2.45, 2.75) is 63.0 Å². The predicted octanol–water partition coefficient (Wildman–Crippen LogP) is -1.47. The molecule has 2 aliphatic heterocycles. The number of aliphatic hydroxyl groups excluding tert-OH is 5. The molecule has 9 nitrogen and oxygen atoms in total. The number of ether oxygens (including phenoxy) is 4. The Hall–Kier alpha value is -0.360. The molecule has 166 valence electrons. The molecule has 2 rings (SSSR count). The lowest BCUT2D eigenvalue weighted by atomic mass is 9.80. The predicted molar refractivity (Wildman–Crippen MR) is 98.6 cm³/mol. The van der Waals surface area contributed by atoms with E-state index in [4.69, 9.17) is 18.9 Å². The Morgan fingerprint density at radius 1 is 0.750 bits per heavy atom. The summed E-state index contributed by atoms with van der Waals surface area (Å²) in [4.78, 5) is 0. The van der Waals surface area contributed by atoms with Gasteiger partial charge in [-0.25, -0.2) is 0 Å². The SMILES string of the molecule is CC[C@@H]1OC(CO)[C@@H](COC[C@@H]2OC(CO)[C@@H](COC)[C@@H](O)C2O)[C@@H](C)C1O. The van der Waals surface area contributed by atoms with Crippen LogP contribution in [0, 0.1) is 17.8 Å². The first-order valence-corrected chi connectivity index (χ1v) is 10.0. The van der Waals surface area contributed by atoms with E-state index in [-0.39, 0.29) is 51.0 Å². The van der Waals surface area contributed by atoms with Crippen LogP contribution in [0.3, 0.4) is 0 Å². The number of aliphatic hydroxyl groups is 5. The summed E-state index contributed by atoms with van der Waals surface area (Å²) in [5, 5.41) is 50.3. The molecule has 0 aromatic heterocycles. The van der Waals surface area contributed by atoms with Gasteiger partial charge >= 0.3 is 0 Å². The molecule has 0 bridgehead atoms. The number of hydrogen-bond donors (Lipinski definition) is 5. The largest absolute Gasteiger partial charge is 0.394 e. The highest BCUT2D eigenvalue weighted by Gasteiger charge is 2.45. The average Bonchev–Trinajstić information content (AvgIpc) is 2.70. The van der Waals surface area contributed by atoms with Gasteiger partial charge < -0.3 is 44.5 Å². The molecule has 2 fully saturated rings. The molecule has 0 aliphatic carbocycles. The minimum atomic E-state index is -1.17. The van der Waals surface area contributed by atoms with Crippen molar-refractivity contribution in [1.29, 1.82) is 0 Å². The maximum absolute atomic E-state index is 10.4. The lowest BCUT2D eigenvalue weighted by molar-refractivity contribution is -0.233. The van der Waals surface area contributed by atoms with Crippen molar-refractivity contribution < 1.29 is 44.5 Å². The van der Waals surface area contributed by atoms with Crippen molar-refractivity contribution in [2.24, 2.45) is 17.8 Å². The normalized spacial score (nSPS) is 44.6. The third kappa shape index (κ3) is 5.21. The minimum Gasteiger partial charge on any atom is -0.394 e. The second kappa shape index (κ2) is 11.1. The Balaban J connectivity index is 1.92. The van der Waals surface area contributed by atoms with E-state index >= 15 is 0 Å². The van der Waals surface area contributed by atoms with Crippen LogP contribution < -0.4 is 0 Å². The smallest absolute Gasteiger partial charge is 0.110 e. The van der Waals surface area contributed by atoms with Crippen molar-refractivity contribution in [3.63, 3.8) is 0 Å². The molecule has 9 heteroatoms. The molecular formula is C19H36O9. The molecule has 2 saturated heterocycles. The fourth-order valence-electron chi connectivity index (χ4n) is 4.25. The van der Waals surface area contributed by atoms with Crippen LogP contribution in [-0.2, 0) is 18.9 Å². The second-order valence-corrected chi connectivity index (χ2v) is 7.85. The lowest BCUT2D eigenvalue weighted by Gasteiger charge is -2.44. The van der Waals surface area contributed by atoms with Crippen molar-refractivity contribution in [3.05, 3.63) is 0 Å². The quantitative estimate of drug-likeness (QED) is 0.309. The van der Waals surface area contributed by atoms with Gasteiger partial charge in [-0.15, -0.1) is 0 Å². The number of methoxy groups -OCH3 is 1. The van der Waals surface area contributed by atoms with E-state index in [0.717, 1.165) is 0 Å². The number of hydrogen-bond acceptors (Lipinski definition) is 9. The Bertz CT molecular complexity index is 447. The molecule has 2 aliphatic rings. The van der Waals surface area contributed by atoms with Gasteiger partial charge in [0.05, 0.1) is 63.6 Å². The van der Waals surface area contributed by atoms with E-state index in [9.17, 15) is 25.5 Å². The molecule has 10 atom stereocenters. The zero-order valence-corrected chi connectivity index (χ0v) is 16.9. The van der Waals surface area contributed by atoms with Gasteiger partial charge in [0.1, 0.15) is 12.2 Å². The van der Waals surface area contributed by atoms with E-state index in [1.54, 1.807) is 0 Å². The standard InChI is InChI=1S/C19H36O9/c1-4-13-17(22)10(2)11(14(5-20)27-13)8-26-9-16-19(24)18(23)12(7-25-3)15(6-21)28-16/h10-24H,4-9H2,1-3H3/t10-,11+,12-,13+,14?,15?,16+,17?,18-,19?/m1/s1. The molecule has 0 aromatic carbocycles. The fourth-order valence-corrected chi connectivity index (χ4v) is 4.25. The average molecular weight is 408 g/mol. The highest BCUT2D eigenvalue weighted by atomic mass is 16.6. The van der Waals surface area contributed by atoms with Gasteiger partial charge in [-0.2, -0.15) is 0 Å². The molecule has 0 amide bonds. The van der Waals surface area contributed by atoms with Gasteiger partial charge in [-0.05, 0) is 12.3 Å². The van der Waals surface area contributed by atoms with E-state index in [0.29, 0.717) is 6.42 Å². The molecule has 0 aromatic rings. The van der Waals surface area contributed by atoms with Gasteiger partial charge in [-0.1, -0.05) is 13.8 Å². The van der Waals surface area contributed by atoms with Crippen LogP contribution in [0.5, 0.6) is 0 Å². The monoisotopic (exact) mass is 408 g/mol. The highest BCUT2D eigenvalue weighted by Crippen LogP contribution is 2.33. The van der Waals surface area contributed by atoms with Crippen LogP contribution >= 0.6 is 0 Å². The summed E-state index contributed by atoms with van der Waals surface area (Å²) >= 11 is 0. The summed E-state index contributed by atoms with van der Waals surface area (Å²) in [7, 11) is 1.48. The molecule has 4 unspecified atom stereocenters. The Kier molecular flexibility index (Phi) is 9.52. The van der Waals surface area contributed by atoms with Crippen LogP contribution in [0.1, 0.15) is 20.3 Å². The van der Waals surface area contributed by atoms with Gasteiger partial charge in [0, 0.05) is 18.9 Å². The number of rotatable bonds is 9. The third-order valence-electron chi connectivity index (χ3n) is 6.13. The van der Waals surface area contributed by atoms with Crippen molar-refractivity contribution in [2.75, 3.05) is 40.1 Å². The van der Waals surface area contributed by atoms with Crippen molar-refractivity contribution in [3.8, 4) is 0 Å². The first kappa shape index (κ1) is 23.9. The van der Waals surface area contributed by atoms with E-state index in [1.807, 2.05) is 13.8 Å². The fraction of sp³-hybridized carbons (Fsp3) is 1.00. The van der Waals surface area contributed by atoms with Crippen LogP contribution in [0.2, 0.25) is 0 Å². The van der Waals surface area contributed by atoms with Gasteiger partial charge in [0.15, 0.2) is 0 Å².